The Hall–Kier alpha value is -0.970. The number of carboxylic acid groups (broad SMARTS) is 1. The van der Waals surface area contributed by atoms with E-state index in [1.54, 1.807) is 0 Å². The highest BCUT2D eigenvalue weighted by molar-refractivity contribution is 5.56. The second-order valence-corrected chi connectivity index (χ2v) is 3.05. The van der Waals surface area contributed by atoms with Crippen molar-refractivity contribution in [2.45, 2.75) is 30.7 Å². The zero-order valence-corrected chi connectivity index (χ0v) is 8.17. The first-order valence-electron chi connectivity index (χ1n) is 4.31. The number of rotatable bonds is 6. The molecule has 5 unspecified atom stereocenters. The zero-order chi connectivity index (χ0) is 12.9. The van der Waals surface area contributed by atoms with Gasteiger partial charge < -0.3 is 41.1 Å². The van der Waals surface area contributed by atoms with Crippen molar-refractivity contribution in [1.29, 1.82) is 0 Å². The number of carbonyl (C=O) groups is 1. The van der Waals surface area contributed by atoms with Crippen LogP contribution in [-0.4, -0.2) is 74.0 Å². The van der Waals surface area contributed by atoms with E-state index >= 15 is 0 Å². The van der Waals surface area contributed by atoms with Gasteiger partial charge in [0.05, 0.1) is 6.10 Å². The van der Waals surface area contributed by atoms with E-state index in [0.717, 1.165) is 0 Å². The molecule has 9 nitrogen and oxygen atoms in total. The highest BCUT2D eigenvalue weighted by Gasteiger charge is 2.35. The average molecular weight is 241 g/mol. The summed E-state index contributed by atoms with van der Waals surface area (Å²) in [5.41, 5.74) is 4.98. The zero-order valence-electron chi connectivity index (χ0n) is 8.17. The van der Waals surface area contributed by atoms with Crippen molar-refractivity contribution in [3.63, 3.8) is 0 Å². The number of hydrogen-bond donors (Lipinski definition) is 7. The third-order valence-electron chi connectivity index (χ3n) is 1.85. The molecule has 0 radical (unpaired) electrons. The summed E-state index contributed by atoms with van der Waals surface area (Å²) in [5, 5.41) is 53.6. The fourth-order valence-electron chi connectivity index (χ4n) is 0.911. The number of aliphatic hydroxyl groups is 5. The molecule has 5 atom stereocenters. The summed E-state index contributed by atoms with van der Waals surface area (Å²) in [6.07, 6.45) is -11.6. The molecule has 0 saturated carbocycles. The number of ether oxygens (including phenoxy) is 1. The smallest absolute Gasteiger partial charge is 0.450 e. The van der Waals surface area contributed by atoms with Crippen LogP contribution in [0.3, 0.4) is 0 Å². The summed E-state index contributed by atoms with van der Waals surface area (Å²) in [5.74, 6) is 0. The van der Waals surface area contributed by atoms with E-state index in [1.807, 2.05) is 0 Å². The molecule has 16 heavy (non-hydrogen) atoms. The molecule has 0 aliphatic heterocycles. The van der Waals surface area contributed by atoms with Crippen LogP contribution >= 0.6 is 0 Å². The fraction of sp³-hybridized carbons (Fsp3) is 0.857. The number of aliphatic hydroxyl groups excluding tert-OH is 5. The third kappa shape index (κ3) is 4.26. The lowest BCUT2D eigenvalue weighted by Gasteiger charge is -2.27. The molecule has 9 heteroatoms. The van der Waals surface area contributed by atoms with E-state index in [1.165, 1.54) is 0 Å². The predicted molar refractivity (Wildman–Crippen MR) is 48.2 cm³/mol. The van der Waals surface area contributed by atoms with E-state index in [2.05, 4.69) is 4.74 Å². The Morgan fingerprint density at radius 2 is 1.56 bits per heavy atom. The van der Waals surface area contributed by atoms with Gasteiger partial charge in [-0.1, -0.05) is 0 Å². The van der Waals surface area contributed by atoms with Gasteiger partial charge in [0, 0.05) is 6.54 Å². The lowest BCUT2D eigenvalue weighted by atomic mass is 10.0. The highest BCUT2D eigenvalue weighted by Crippen LogP contribution is 2.09. The first kappa shape index (κ1) is 15.0. The molecule has 0 saturated heterocycles. The molecule has 0 fully saturated rings. The van der Waals surface area contributed by atoms with Gasteiger partial charge in [-0.25, -0.2) is 4.79 Å². The molecule has 0 aromatic heterocycles. The molecule has 96 valence electrons. The molecule has 8 N–H and O–H groups in total. The first-order chi connectivity index (χ1) is 7.31. The van der Waals surface area contributed by atoms with Crippen molar-refractivity contribution < 1.29 is 40.2 Å². The summed E-state index contributed by atoms with van der Waals surface area (Å²) < 4.78 is 3.73. The lowest BCUT2D eigenvalue weighted by molar-refractivity contribution is -0.192. The highest BCUT2D eigenvalue weighted by atomic mass is 16.7. The van der Waals surface area contributed by atoms with Crippen LogP contribution < -0.4 is 5.73 Å². The molecule has 0 aliphatic carbocycles. The van der Waals surface area contributed by atoms with Gasteiger partial charge in [-0.05, 0) is 0 Å². The average Bonchev–Trinajstić information content (AvgIpc) is 2.23. The van der Waals surface area contributed by atoms with Crippen molar-refractivity contribution in [3.8, 4) is 0 Å². The van der Waals surface area contributed by atoms with Crippen LogP contribution in [0, 0.1) is 0 Å². The second kappa shape index (κ2) is 6.58. The second-order valence-electron chi connectivity index (χ2n) is 3.05. The SMILES string of the molecule is NCC(O)C(O)C(O)C(O)C(O)OC(=O)O. The van der Waals surface area contributed by atoms with Crippen LogP contribution in [0.2, 0.25) is 0 Å². The summed E-state index contributed by atoms with van der Waals surface area (Å²) in [6, 6.07) is 0. The molecular weight excluding hydrogens is 226 g/mol. The van der Waals surface area contributed by atoms with Crippen LogP contribution in [0.5, 0.6) is 0 Å². The van der Waals surface area contributed by atoms with Crippen molar-refractivity contribution in [3.05, 3.63) is 0 Å². The minimum atomic E-state index is -2.24. The molecule has 0 aliphatic rings. The minimum Gasteiger partial charge on any atom is -0.450 e. The van der Waals surface area contributed by atoms with E-state index < -0.39 is 36.9 Å². The Labute approximate surface area is 90.3 Å². The van der Waals surface area contributed by atoms with Crippen LogP contribution in [0.1, 0.15) is 0 Å². The van der Waals surface area contributed by atoms with Crippen molar-refractivity contribution in [2.24, 2.45) is 5.73 Å². The van der Waals surface area contributed by atoms with Gasteiger partial charge in [0.25, 0.3) is 0 Å². The minimum absolute atomic E-state index is 0.388. The molecule has 0 rings (SSSR count). The van der Waals surface area contributed by atoms with Gasteiger partial charge in [-0.3, -0.25) is 0 Å². The molecule has 0 amide bonds. The van der Waals surface area contributed by atoms with E-state index in [0.29, 0.717) is 0 Å². The molecule has 0 aromatic rings. The van der Waals surface area contributed by atoms with Gasteiger partial charge in [0.1, 0.15) is 18.3 Å². The van der Waals surface area contributed by atoms with E-state index in [9.17, 15) is 15.0 Å². The normalized spacial score (nSPS) is 20.6. The van der Waals surface area contributed by atoms with Crippen molar-refractivity contribution in [1.82, 2.24) is 0 Å². The van der Waals surface area contributed by atoms with Crippen molar-refractivity contribution >= 4 is 6.16 Å². The first-order valence-corrected chi connectivity index (χ1v) is 4.31. The maximum absolute atomic E-state index is 9.99. The van der Waals surface area contributed by atoms with Crippen LogP contribution in [0.4, 0.5) is 4.79 Å². The molecule has 0 heterocycles. The predicted octanol–water partition coefficient (Wildman–Crippen LogP) is -3.60. The summed E-state index contributed by atoms with van der Waals surface area (Å²) in [6.45, 7) is -0.388. The maximum atomic E-state index is 9.99. The molecular formula is C7H15NO8. The Morgan fingerprint density at radius 1 is 1.06 bits per heavy atom. The maximum Gasteiger partial charge on any atom is 0.508 e. The largest absolute Gasteiger partial charge is 0.508 e. The van der Waals surface area contributed by atoms with Gasteiger partial charge >= 0.3 is 6.16 Å². The van der Waals surface area contributed by atoms with Crippen LogP contribution in [0.15, 0.2) is 0 Å². The summed E-state index contributed by atoms with van der Waals surface area (Å²) in [4.78, 5) is 9.99. The fourth-order valence-corrected chi connectivity index (χ4v) is 0.911. The summed E-state index contributed by atoms with van der Waals surface area (Å²) in [7, 11) is 0. The van der Waals surface area contributed by atoms with Crippen molar-refractivity contribution in [2.75, 3.05) is 6.54 Å². The van der Waals surface area contributed by atoms with Gasteiger partial charge in [0.15, 0.2) is 0 Å². The topological polar surface area (TPSA) is 174 Å². The monoisotopic (exact) mass is 241 g/mol. The lowest BCUT2D eigenvalue weighted by Crippen LogP contribution is -2.51. The van der Waals surface area contributed by atoms with E-state index in [4.69, 9.17) is 26.2 Å². The molecule has 0 aromatic carbocycles. The molecule has 0 spiro atoms. The Bertz CT molecular complexity index is 224. The van der Waals surface area contributed by atoms with Gasteiger partial charge in [-0.2, -0.15) is 0 Å². The quantitative estimate of drug-likeness (QED) is 0.183. The Morgan fingerprint density at radius 3 is 1.94 bits per heavy atom. The molecule has 0 bridgehead atoms. The number of nitrogens with two attached hydrogens (primary N) is 1. The number of hydrogen-bond acceptors (Lipinski definition) is 8. The van der Waals surface area contributed by atoms with Gasteiger partial charge in [0.2, 0.25) is 6.29 Å². The third-order valence-corrected chi connectivity index (χ3v) is 1.85. The van der Waals surface area contributed by atoms with E-state index in [-0.39, 0.29) is 6.54 Å². The Balaban J connectivity index is 4.35. The van der Waals surface area contributed by atoms with Crippen LogP contribution in [0.25, 0.3) is 0 Å². The Kier molecular flexibility index (Phi) is 6.18. The van der Waals surface area contributed by atoms with Crippen LogP contribution in [-0.2, 0) is 4.74 Å². The summed E-state index contributed by atoms with van der Waals surface area (Å²) >= 11 is 0. The standard InChI is InChI=1S/C7H15NO8/c8-1-2(9)3(10)4(11)5(12)6(13)16-7(14)15/h2-6,9-13H,1,8H2,(H,14,15). The van der Waals surface area contributed by atoms with Gasteiger partial charge in [-0.15, -0.1) is 0 Å².